The standard InChI is InChI=1S/C24H29N5OS/c30-22(27-15-10-20(11-16-27)17-19-7-2-1-3-8-19)21-9-6-14-29(18-21)24-26-25-23(31-24)28-12-4-5-13-28/h1-5,7-8,12-13,20-21H,6,9-11,14-18H2/t21-/m0/s1. The van der Waals surface area contributed by atoms with Crippen LogP contribution < -0.4 is 4.90 Å². The Morgan fingerprint density at radius 3 is 2.45 bits per heavy atom. The van der Waals surface area contributed by atoms with Crippen LogP contribution in [0.3, 0.4) is 0 Å². The predicted molar refractivity (Wildman–Crippen MR) is 124 cm³/mol. The second-order valence-electron chi connectivity index (χ2n) is 8.70. The number of amides is 1. The van der Waals surface area contributed by atoms with Crippen LogP contribution in [-0.4, -0.2) is 51.8 Å². The van der Waals surface area contributed by atoms with Gasteiger partial charge in [0.25, 0.3) is 0 Å². The molecule has 0 radical (unpaired) electrons. The molecule has 2 aliphatic heterocycles. The molecule has 7 heteroatoms. The molecule has 1 aromatic carbocycles. The molecule has 0 spiro atoms. The van der Waals surface area contributed by atoms with Gasteiger partial charge in [-0.15, -0.1) is 10.2 Å². The van der Waals surface area contributed by atoms with Gasteiger partial charge in [-0.3, -0.25) is 9.36 Å². The van der Waals surface area contributed by atoms with Crippen molar-refractivity contribution in [1.29, 1.82) is 0 Å². The third-order valence-electron chi connectivity index (χ3n) is 6.56. The number of piperidine rings is 2. The number of benzene rings is 1. The summed E-state index contributed by atoms with van der Waals surface area (Å²) in [6.07, 6.45) is 9.30. The van der Waals surface area contributed by atoms with E-state index in [-0.39, 0.29) is 5.92 Å². The van der Waals surface area contributed by atoms with Crippen molar-refractivity contribution >= 4 is 22.4 Å². The predicted octanol–water partition coefficient (Wildman–Crippen LogP) is 4.03. The van der Waals surface area contributed by atoms with Crippen molar-refractivity contribution in [3.63, 3.8) is 0 Å². The zero-order chi connectivity index (χ0) is 21.0. The maximum atomic E-state index is 13.2. The topological polar surface area (TPSA) is 54.3 Å². The van der Waals surface area contributed by atoms with Gasteiger partial charge >= 0.3 is 0 Å². The fourth-order valence-corrected chi connectivity index (χ4v) is 5.67. The van der Waals surface area contributed by atoms with Crippen molar-refractivity contribution in [3.8, 4) is 5.13 Å². The first kappa shape index (κ1) is 20.2. The minimum Gasteiger partial charge on any atom is -0.346 e. The second-order valence-corrected chi connectivity index (χ2v) is 9.64. The first-order valence-corrected chi connectivity index (χ1v) is 12.1. The number of carbonyl (C=O) groups excluding carboxylic acids is 1. The summed E-state index contributed by atoms with van der Waals surface area (Å²) >= 11 is 1.59. The molecule has 1 amide bonds. The van der Waals surface area contributed by atoms with Crippen LogP contribution in [0.4, 0.5) is 5.13 Å². The lowest BCUT2D eigenvalue weighted by atomic mass is 9.89. The maximum Gasteiger partial charge on any atom is 0.227 e. The van der Waals surface area contributed by atoms with Gasteiger partial charge in [0.1, 0.15) is 0 Å². The smallest absolute Gasteiger partial charge is 0.227 e. The van der Waals surface area contributed by atoms with Crippen LogP contribution >= 0.6 is 11.3 Å². The van der Waals surface area contributed by atoms with Gasteiger partial charge in [-0.1, -0.05) is 41.7 Å². The lowest BCUT2D eigenvalue weighted by Crippen LogP contribution is -2.47. The second kappa shape index (κ2) is 9.22. The van der Waals surface area contributed by atoms with E-state index in [0.29, 0.717) is 11.8 Å². The SMILES string of the molecule is O=C([C@H]1CCCN(c2nnc(-n3cccc3)s2)C1)N1CCC(Cc2ccccc2)CC1. The van der Waals surface area contributed by atoms with E-state index in [1.807, 2.05) is 29.1 Å². The van der Waals surface area contributed by atoms with Gasteiger partial charge in [-0.25, -0.2) is 0 Å². The average Bonchev–Trinajstić information content (AvgIpc) is 3.52. The Labute approximate surface area is 187 Å². The number of anilines is 1. The lowest BCUT2D eigenvalue weighted by Gasteiger charge is -2.37. The summed E-state index contributed by atoms with van der Waals surface area (Å²) in [7, 11) is 0. The molecule has 2 saturated heterocycles. The molecule has 0 aliphatic carbocycles. The number of hydrogen-bond acceptors (Lipinski definition) is 5. The monoisotopic (exact) mass is 435 g/mol. The lowest BCUT2D eigenvalue weighted by molar-refractivity contribution is -0.137. The molecule has 4 heterocycles. The molecule has 2 aliphatic rings. The summed E-state index contributed by atoms with van der Waals surface area (Å²) in [6.45, 7) is 3.49. The molecule has 0 bridgehead atoms. The molecule has 0 unspecified atom stereocenters. The molecule has 0 N–H and O–H groups in total. The van der Waals surface area contributed by atoms with E-state index in [0.717, 1.165) is 68.5 Å². The van der Waals surface area contributed by atoms with E-state index in [1.54, 1.807) is 11.3 Å². The van der Waals surface area contributed by atoms with Crippen LogP contribution in [0.2, 0.25) is 0 Å². The fourth-order valence-electron chi connectivity index (χ4n) is 4.82. The average molecular weight is 436 g/mol. The van der Waals surface area contributed by atoms with Crippen molar-refractivity contribution in [3.05, 3.63) is 60.4 Å². The Kier molecular flexibility index (Phi) is 6.02. The summed E-state index contributed by atoms with van der Waals surface area (Å²) in [5.41, 5.74) is 1.41. The molecule has 6 nitrogen and oxygen atoms in total. The molecule has 2 aromatic heterocycles. The molecule has 162 valence electrons. The molecule has 3 aromatic rings. The molecule has 2 fully saturated rings. The molecular weight excluding hydrogens is 406 g/mol. The maximum absolute atomic E-state index is 13.2. The van der Waals surface area contributed by atoms with Gasteiger partial charge in [-0.05, 0) is 55.7 Å². The molecule has 1 atom stereocenters. The van der Waals surface area contributed by atoms with Gasteiger partial charge in [-0.2, -0.15) is 0 Å². The van der Waals surface area contributed by atoms with E-state index in [9.17, 15) is 4.79 Å². The van der Waals surface area contributed by atoms with Crippen molar-refractivity contribution < 1.29 is 4.79 Å². The summed E-state index contributed by atoms with van der Waals surface area (Å²) < 4.78 is 1.98. The van der Waals surface area contributed by atoms with Gasteiger partial charge in [0.15, 0.2) is 0 Å². The molecule has 0 saturated carbocycles. The Bertz CT molecular complexity index is 979. The van der Waals surface area contributed by atoms with Gasteiger partial charge in [0, 0.05) is 38.6 Å². The number of aromatic nitrogens is 3. The van der Waals surface area contributed by atoms with Crippen molar-refractivity contribution in [2.24, 2.45) is 11.8 Å². The zero-order valence-corrected chi connectivity index (χ0v) is 18.6. The first-order chi connectivity index (χ1) is 15.3. The third kappa shape index (κ3) is 4.66. The van der Waals surface area contributed by atoms with Gasteiger partial charge in [0.2, 0.25) is 16.2 Å². The highest BCUT2D eigenvalue weighted by molar-refractivity contribution is 7.17. The summed E-state index contributed by atoms with van der Waals surface area (Å²) in [5.74, 6) is 1.08. The number of rotatable bonds is 5. The van der Waals surface area contributed by atoms with Gasteiger partial charge < -0.3 is 9.80 Å². The summed E-state index contributed by atoms with van der Waals surface area (Å²) in [4.78, 5) is 17.6. The minimum atomic E-state index is 0.0679. The normalized spacial score (nSPS) is 20.2. The van der Waals surface area contributed by atoms with Crippen molar-refractivity contribution in [2.45, 2.75) is 32.1 Å². The van der Waals surface area contributed by atoms with Crippen LogP contribution in [0.25, 0.3) is 5.13 Å². The largest absolute Gasteiger partial charge is 0.346 e. The van der Waals surface area contributed by atoms with E-state index < -0.39 is 0 Å². The van der Waals surface area contributed by atoms with E-state index >= 15 is 0 Å². The number of carbonyl (C=O) groups is 1. The van der Waals surface area contributed by atoms with Crippen LogP contribution in [0.1, 0.15) is 31.2 Å². The Morgan fingerprint density at radius 2 is 1.68 bits per heavy atom. The molecule has 31 heavy (non-hydrogen) atoms. The van der Waals surface area contributed by atoms with E-state index in [4.69, 9.17) is 0 Å². The zero-order valence-electron chi connectivity index (χ0n) is 17.8. The highest BCUT2D eigenvalue weighted by atomic mass is 32.1. The number of likely N-dealkylation sites (tertiary alicyclic amines) is 1. The van der Waals surface area contributed by atoms with Crippen LogP contribution in [-0.2, 0) is 11.2 Å². The van der Waals surface area contributed by atoms with Crippen LogP contribution in [0, 0.1) is 11.8 Å². The Morgan fingerprint density at radius 1 is 0.935 bits per heavy atom. The Hall–Kier alpha value is -2.67. The highest BCUT2D eigenvalue weighted by Crippen LogP contribution is 2.30. The summed E-state index contributed by atoms with van der Waals surface area (Å²) in [5, 5.41) is 10.5. The first-order valence-electron chi connectivity index (χ1n) is 11.3. The number of hydrogen-bond donors (Lipinski definition) is 0. The molecular formula is C24H29N5OS. The van der Waals surface area contributed by atoms with E-state index in [2.05, 4.69) is 50.3 Å². The van der Waals surface area contributed by atoms with Crippen LogP contribution in [0.15, 0.2) is 54.9 Å². The third-order valence-corrected chi connectivity index (χ3v) is 7.56. The Balaban J connectivity index is 1.16. The molecule has 5 rings (SSSR count). The summed E-state index contributed by atoms with van der Waals surface area (Å²) in [6, 6.07) is 14.7. The van der Waals surface area contributed by atoms with Crippen molar-refractivity contribution in [2.75, 3.05) is 31.1 Å². The quantitative estimate of drug-likeness (QED) is 0.607. The van der Waals surface area contributed by atoms with Gasteiger partial charge in [0.05, 0.1) is 5.92 Å². The van der Waals surface area contributed by atoms with Crippen molar-refractivity contribution in [1.82, 2.24) is 19.7 Å². The highest BCUT2D eigenvalue weighted by Gasteiger charge is 2.32. The van der Waals surface area contributed by atoms with E-state index in [1.165, 1.54) is 5.56 Å². The van der Waals surface area contributed by atoms with Crippen LogP contribution in [0.5, 0.6) is 0 Å². The number of nitrogens with zero attached hydrogens (tertiary/aromatic N) is 5. The fraction of sp³-hybridized carbons (Fsp3) is 0.458. The minimum absolute atomic E-state index is 0.0679.